The molecule has 2 aromatic rings. The van der Waals surface area contributed by atoms with Crippen LogP contribution in [0.2, 0.25) is 0 Å². The summed E-state index contributed by atoms with van der Waals surface area (Å²) in [6.45, 7) is 6.81. The van der Waals surface area contributed by atoms with E-state index >= 15 is 0 Å². The van der Waals surface area contributed by atoms with Crippen molar-refractivity contribution < 1.29 is 19.4 Å². The third-order valence-corrected chi connectivity index (χ3v) is 5.55. The van der Waals surface area contributed by atoms with Crippen molar-refractivity contribution in [3.05, 3.63) is 69.1 Å². The molecular weight excluding hydrogens is 374 g/mol. The molecule has 148 valence electrons. The average molecular weight is 400 g/mol. The van der Waals surface area contributed by atoms with E-state index in [1.165, 1.54) is 11.3 Å². The number of Topliss-reactive ketones (excluding diaryl/α,β-unsaturated/α-hetero) is 1. The molecule has 1 aromatic heterocycles. The molecule has 1 aliphatic rings. The molecule has 0 fully saturated rings. The van der Waals surface area contributed by atoms with Gasteiger partial charge in [-0.25, -0.2) is 0 Å². The Labute approximate surface area is 169 Å². The first-order valence-corrected chi connectivity index (χ1v) is 10.3. The van der Waals surface area contributed by atoms with Crippen LogP contribution in [0.25, 0.3) is 0 Å². The van der Waals surface area contributed by atoms with E-state index in [0.29, 0.717) is 24.4 Å². The first-order chi connectivity index (χ1) is 13.4. The fraction of sp³-hybridized carbons (Fsp3) is 0.364. The third kappa shape index (κ3) is 4.18. The van der Waals surface area contributed by atoms with Gasteiger partial charge in [0.25, 0.3) is 5.91 Å². The molecule has 0 spiro atoms. The van der Waals surface area contributed by atoms with Crippen molar-refractivity contribution in [1.29, 1.82) is 0 Å². The number of carbonyl (C=O) groups excluding carboxylic acids is 2. The maximum Gasteiger partial charge on any atom is 0.290 e. The molecule has 0 aliphatic carbocycles. The second kappa shape index (κ2) is 8.71. The summed E-state index contributed by atoms with van der Waals surface area (Å²) < 4.78 is 5.57. The normalized spacial score (nSPS) is 17.1. The number of rotatable bonds is 8. The van der Waals surface area contributed by atoms with Crippen LogP contribution >= 0.6 is 11.3 Å². The molecule has 0 unspecified atom stereocenters. The van der Waals surface area contributed by atoms with E-state index < -0.39 is 17.7 Å². The van der Waals surface area contributed by atoms with Crippen molar-refractivity contribution >= 4 is 23.0 Å². The summed E-state index contributed by atoms with van der Waals surface area (Å²) in [4.78, 5) is 27.9. The van der Waals surface area contributed by atoms with Crippen LogP contribution in [0, 0.1) is 6.92 Å². The molecule has 28 heavy (non-hydrogen) atoms. The number of aliphatic hydroxyl groups excluding tert-OH is 1. The molecule has 2 heterocycles. The lowest BCUT2D eigenvalue weighted by atomic mass is 9.95. The minimum atomic E-state index is -0.596. The highest BCUT2D eigenvalue weighted by molar-refractivity contribution is 7.12. The molecule has 3 rings (SSSR count). The maximum atomic E-state index is 13.1. The average Bonchev–Trinajstić information content (AvgIpc) is 3.28. The van der Waals surface area contributed by atoms with Crippen molar-refractivity contribution in [2.75, 3.05) is 13.2 Å². The highest BCUT2D eigenvalue weighted by atomic mass is 32.1. The van der Waals surface area contributed by atoms with Gasteiger partial charge in [-0.1, -0.05) is 35.9 Å². The number of nitrogens with zero attached hydrogens (tertiary/aromatic N) is 1. The second-order valence-corrected chi connectivity index (χ2v) is 8.10. The molecule has 0 bridgehead atoms. The molecule has 1 atom stereocenters. The summed E-state index contributed by atoms with van der Waals surface area (Å²) in [5, 5.41) is 12.4. The third-order valence-electron chi connectivity index (χ3n) is 4.68. The lowest BCUT2D eigenvalue weighted by Gasteiger charge is -2.27. The number of hydrogen-bond acceptors (Lipinski definition) is 5. The van der Waals surface area contributed by atoms with Gasteiger partial charge in [0.05, 0.1) is 22.6 Å². The van der Waals surface area contributed by atoms with Crippen molar-refractivity contribution in [2.45, 2.75) is 39.3 Å². The Morgan fingerprint density at radius 3 is 2.57 bits per heavy atom. The number of ketones is 1. The molecule has 5 nitrogen and oxygen atoms in total. The quantitative estimate of drug-likeness (QED) is 0.526. The topological polar surface area (TPSA) is 66.8 Å². The number of hydrogen-bond donors (Lipinski definition) is 1. The smallest absolute Gasteiger partial charge is 0.290 e. The fourth-order valence-electron chi connectivity index (χ4n) is 3.31. The molecule has 6 heteroatoms. The predicted molar refractivity (Wildman–Crippen MR) is 110 cm³/mol. The van der Waals surface area contributed by atoms with E-state index in [-0.39, 0.29) is 17.5 Å². The number of ether oxygens (including phenoxy) is 1. The second-order valence-electron chi connectivity index (χ2n) is 7.15. The van der Waals surface area contributed by atoms with Gasteiger partial charge in [0.1, 0.15) is 0 Å². The zero-order chi connectivity index (χ0) is 20.3. The minimum Gasteiger partial charge on any atom is -0.503 e. The fourth-order valence-corrected chi connectivity index (χ4v) is 3.98. The SMILES string of the molecule is Cc1ccc([C@H]2C(C(=O)c3cccs3)=C(O)C(=O)N2CCCOC(C)C)cc1. The van der Waals surface area contributed by atoms with Gasteiger partial charge in [-0.05, 0) is 44.2 Å². The van der Waals surface area contributed by atoms with Crippen molar-refractivity contribution in [1.82, 2.24) is 4.90 Å². The largest absolute Gasteiger partial charge is 0.503 e. The van der Waals surface area contributed by atoms with Gasteiger partial charge in [0, 0.05) is 13.2 Å². The van der Waals surface area contributed by atoms with E-state index in [1.54, 1.807) is 17.0 Å². The maximum absolute atomic E-state index is 13.1. The summed E-state index contributed by atoms with van der Waals surface area (Å²) in [5.74, 6) is -1.25. The van der Waals surface area contributed by atoms with E-state index in [9.17, 15) is 14.7 Å². The van der Waals surface area contributed by atoms with Gasteiger partial charge in [-0.3, -0.25) is 9.59 Å². The van der Waals surface area contributed by atoms with Crippen LogP contribution in [0.1, 0.15) is 47.1 Å². The minimum absolute atomic E-state index is 0.115. The molecule has 0 saturated heterocycles. The molecule has 1 aliphatic heterocycles. The standard InChI is InChI=1S/C22H25NO4S/c1-14(2)27-12-5-11-23-19(16-9-7-15(3)8-10-16)18(21(25)22(23)26)20(24)17-6-4-13-28-17/h4,6-10,13-14,19,25H,5,11-12H2,1-3H3/t19-/m0/s1. The van der Waals surface area contributed by atoms with E-state index in [1.807, 2.05) is 50.4 Å². The van der Waals surface area contributed by atoms with Crippen molar-refractivity contribution in [3.8, 4) is 0 Å². The summed E-state index contributed by atoms with van der Waals surface area (Å²) in [7, 11) is 0. The molecule has 1 N–H and O–H groups in total. The number of aliphatic hydroxyl groups is 1. The van der Waals surface area contributed by atoms with Crippen molar-refractivity contribution in [2.24, 2.45) is 0 Å². The molecule has 1 amide bonds. The zero-order valence-corrected chi connectivity index (χ0v) is 17.2. The van der Waals surface area contributed by atoms with Gasteiger partial charge in [0.15, 0.2) is 5.76 Å². The first-order valence-electron chi connectivity index (χ1n) is 9.40. The van der Waals surface area contributed by atoms with Crippen LogP contribution < -0.4 is 0 Å². The van der Waals surface area contributed by atoms with Gasteiger partial charge in [-0.2, -0.15) is 0 Å². The Morgan fingerprint density at radius 2 is 1.96 bits per heavy atom. The predicted octanol–water partition coefficient (Wildman–Crippen LogP) is 4.45. The van der Waals surface area contributed by atoms with Crippen LogP contribution in [0.15, 0.2) is 53.1 Å². The first kappa shape index (κ1) is 20.3. The number of thiophene rings is 1. The number of aryl methyl sites for hydroxylation is 1. The Morgan fingerprint density at radius 1 is 1.25 bits per heavy atom. The molecule has 1 aromatic carbocycles. The Hall–Kier alpha value is -2.44. The Kier molecular flexibility index (Phi) is 6.31. The number of benzene rings is 1. The Bertz CT molecular complexity index is 868. The molecular formula is C22H25NO4S. The lowest BCUT2D eigenvalue weighted by molar-refractivity contribution is -0.129. The van der Waals surface area contributed by atoms with Crippen LogP contribution in [0.4, 0.5) is 0 Å². The summed E-state index contributed by atoms with van der Waals surface area (Å²) in [6.07, 6.45) is 0.740. The van der Waals surface area contributed by atoms with Gasteiger partial charge in [0.2, 0.25) is 5.78 Å². The highest BCUT2D eigenvalue weighted by Gasteiger charge is 2.43. The monoisotopic (exact) mass is 399 g/mol. The summed E-state index contributed by atoms with van der Waals surface area (Å²) in [5.41, 5.74) is 2.05. The van der Waals surface area contributed by atoms with Crippen LogP contribution in [-0.2, 0) is 9.53 Å². The van der Waals surface area contributed by atoms with Crippen molar-refractivity contribution in [3.63, 3.8) is 0 Å². The van der Waals surface area contributed by atoms with Gasteiger partial charge in [-0.15, -0.1) is 11.3 Å². The summed E-state index contributed by atoms with van der Waals surface area (Å²) in [6, 6.07) is 10.6. The van der Waals surface area contributed by atoms with Crippen LogP contribution in [0.5, 0.6) is 0 Å². The number of carbonyl (C=O) groups is 2. The highest BCUT2D eigenvalue weighted by Crippen LogP contribution is 2.39. The Balaban J connectivity index is 1.93. The van der Waals surface area contributed by atoms with E-state index in [4.69, 9.17) is 4.74 Å². The molecule has 0 radical (unpaired) electrons. The van der Waals surface area contributed by atoms with E-state index in [0.717, 1.165) is 11.1 Å². The summed E-state index contributed by atoms with van der Waals surface area (Å²) >= 11 is 1.30. The van der Waals surface area contributed by atoms with Gasteiger partial charge >= 0.3 is 0 Å². The van der Waals surface area contributed by atoms with Crippen LogP contribution in [-0.4, -0.2) is 41.0 Å². The zero-order valence-electron chi connectivity index (χ0n) is 16.3. The lowest BCUT2D eigenvalue weighted by Crippen LogP contribution is -2.32. The van der Waals surface area contributed by atoms with Crippen LogP contribution in [0.3, 0.4) is 0 Å². The molecule has 0 saturated carbocycles. The van der Waals surface area contributed by atoms with Gasteiger partial charge < -0.3 is 14.7 Å². The van der Waals surface area contributed by atoms with E-state index in [2.05, 4.69) is 0 Å². The number of amides is 1.